The number of nitrogens with zero attached hydrogens (tertiary/aromatic N) is 1. The first-order valence-electron chi connectivity index (χ1n) is 5.62. The van der Waals surface area contributed by atoms with Gasteiger partial charge in [-0.05, 0) is 17.7 Å². The molecule has 0 aliphatic carbocycles. The number of carboxylic acid groups (broad SMARTS) is 1. The average Bonchev–Trinajstić information content (AvgIpc) is 2.96. The van der Waals surface area contributed by atoms with Gasteiger partial charge in [-0.1, -0.05) is 6.07 Å². The number of carbonyl (C=O) groups is 1. The van der Waals surface area contributed by atoms with E-state index in [1.807, 2.05) is 18.2 Å². The van der Waals surface area contributed by atoms with Crippen LogP contribution in [0.5, 0.6) is 0 Å². The number of rotatable bonds is 2. The van der Waals surface area contributed by atoms with Gasteiger partial charge in [-0.2, -0.15) is 5.10 Å². The van der Waals surface area contributed by atoms with Gasteiger partial charge in [0.15, 0.2) is 0 Å². The fourth-order valence-corrected chi connectivity index (χ4v) is 2.48. The monoisotopic (exact) mass is 231 g/mol. The van der Waals surface area contributed by atoms with Gasteiger partial charge in [0.2, 0.25) is 0 Å². The van der Waals surface area contributed by atoms with Crippen LogP contribution < -0.4 is 5.32 Å². The van der Waals surface area contributed by atoms with E-state index in [1.165, 1.54) is 0 Å². The van der Waals surface area contributed by atoms with E-state index in [1.54, 1.807) is 6.20 Å². The molecule has 2 unspecified atom stereocenters. The molecule has 17 heavy (non-hydrogen) atoms. The summed E-state index contributed by atoms with van der Waals surface area (Å²) in [4.78, 5) is 11.1. The summed E-state index contributed by atoms with van der Waals surface area (Å²) in [5.41, 5.74) is 2.04. The van der Waals surface area contributed by atoms with Crippen molar-refractivity contribution in [3.05, 3.63) is 30.0 Å². The van der Waals surface area contributed by atoms with Crippen LogP contribution in [0.1, 0.15) is 11.5 Å². The fourth-order valence-electron chi connectivity index (χ4n) is 2.48. The molecule has 1 fully saturated rings. The molecule has 0 bridgehead atoms. The molecule has 1 aliphatic heterocycles. The molecule has 2 heterocycles. The lowest BCUT2D eigenvalue weighted by Crippen LogP contribution is -2.20. The maximum Gasteiger partial charge on any atom is 0.308 e. The van der Waals surface area contributed by atoms with Crippen LogP contribution in [0, 0.1) is 5.92 Å². The average molecular weight is 231 g/mol. The van der Waals surface area contributed by atoms with Crippen molar-refractivity contribution in [2.24, 2.45) is 5.92 Å². The van der Waals surface area contributed by atoms with Gasteiger partial charge in [0.25, 0.3) is 0 Å². The number of aromatic amines is 1. The molecule has 1 aromatic carbocycles. The van der Waals surface area contributed by atoms with Crippen molar-refractivity contribution >= 4 is 16.9 Å². The van der Waals surface area contributed by atoms with Crippen LogP contribution in [0.15, 0.2) is 24.4 Å². The van der Waals surface area contributed by atoms with E-state index in [-0.39, 0.29) is 11.8 Å². The second kappa shape index (κ2) is 3.85. The molecule has 0 saturated carbocycles. The van der Waals surface area contributed by atoms with Gasteiger partial charge >= 0.3 is 5.97 Å². The van der Waals surface area contributed by atoms with Gasteiger partial charge in [-0.3, -0.25) is 9.89 Å². The van der Waals surface area contributed by atoms with Gasteiger partial charge in [0, 0.05) is 24.4 Å². The van der Waals surface area contributed by atoms with Crippen molar-refractivity contribution in [1.29, 1.82) is 0 Å². The lowest BCUT2D eigenvalue weighted by molar-refractivity contribution is -0.141. The quantitative estimate of drug-likeness (QED) is 0.719. The molecular formula is C12H13N3O2. The molecule has 5 heteroatoms. The van der Waals surface area contributed by atoms with Crippen LogP contribution in [-0.4, -0.2) is 34.4 Å². The number of carboxylic acids is 1. The maximum absolute atomic E-state index is 11.1. The Balaban J connectivity index is 1.99. The van der Waals surface area contributed by atoms with Gasteiger partial charge in [0.05, 0.1) is 17.6 Å². The molecular weight excluding hydrogens is 218 g/mol. The first-order chi connectivity index (χ1) is 8.25. The zero-order valence-corrected chi connectivity index (χ0v) is 9.18. The number of nitrogens with one attached hydrogen (secondary N) is 2. The minimum absolute atomic E-state index is 0.0480. The summed E-state index contributed by atoms with van der Waals surface area (Å²) in [6.45, 7) is 1.27. The number of hydrogen-bond acceptors (Lipinski definition) is 3. The summed E-state index contributed by atoms with van der Waals surface area (Å²) in [5, 5.41) is 20.2. The molecule has 5 nitrogen and oxygen atoms in total. The van der Waals surface area contributed by atoms with Crippen LogP contribution in [0.25, 0.3) is 10.9 Å². The molecule has 3 N–H and O–H groups in total. The van der Waals surface area contributed by atoms with Crippen LogP contribution in [0.3, 0.4) is 0 Å². The van der Waals surface area contributed by atoms with Crippen molar-refractivity contribution in [1.82, 2.24) is 15.5 Å². The minimum atomic E-state index is -0.729. The van der Waals surface area contributed by atoms with E-state index in [0.29, 0.717) is 6.54 Å². The van der Waals surface area contributed by atoms with Crippen molar-refractivity contribution in [3.8, 4) is 0 Å². The molecule has 0 amide bonds. The summed E-state index contributed by atoms with van der Waals surface area (Å²) >= 11 is 0. The van der Waals surface area contributed by atoms with Gasteiger partial charge in [-0.25, -0.2) is 0 Å². The summed E-state index contributed by atoms with van der Waals surface area (Å²) in [5.74, 6) is -1.02. The molecule has 1 saturated heterocycles. The van der Waals surface area contributed by atoms with Crippen LogP contribution in [0.4, 0.5) is 0 Å². The second-order valence-corrected chi connectivity index (χ2v) is 4.43. The molecule has 0 spiro atoms. The number of benzene rings is 1. The lowest BCUT2D eigenvalue weighted by atomic mass is 9.88. The molecule has 3 rings (SSSR count). The van der Waals surface area contributed by atoms with Gasteiger partial charge in [0.1, 0.15) is 0 Å². The van der Waals surface area contributed by atoms with Crippen molar-refractivity contribution in [3.63, 3.8) is 0 Å². The van der Waals surface area contributed by atoms with Crippen LogP contribution >= 0.6 is 0 Å². The topological polar surface area (TPSA) is 78.0 Å². The van der Waals surface area contributed by atoms with E-state index in [0.717, 1.165) is 23.0 Å². The third kappa shape index (κ3) is 1.68. The third-order valence-corrected chi connectivity index (χ3v) is 3.42. The summed E-state index contributed by atoms with van der Waals surface area (Å²) in [7, 11) is 0. The predicted molar refractivity (Wildman–Crippen MR) is 62.8 cm³/mol. The number of aliphatic carboxylic acids is 1. The highest BCUT2D eigenvalue weighted by molar-refractivity contribution is 5.79. The smallest absolute Gasteiger partial charge is 0.308 e. The molecule has 1 aliphatic rings. The highest BCUT2D eigenvalue weighted by atomic mass is 16.4. The Morgan fingerprint density at radius 3 is 3.12 bits per heavy atom. The van der Waals surface area contributed by atoms with Crippen LogP contribution in [0.2, 0.25) is 0 Å². The van der Waals surface area contributed by atoms with Gasteiger partial charge < -0.3 is 10.4 Å². The van der Waals surface area contributed by atoms with E-state index < -0.39 is 5.97 Å². The lowest BCUT2D eigenvalue weighted by Gasteiger charge is -2.14. The number of fused-ring (bicyclic) bond motifs is 1. The van der Waals surface area contributed by atoms with Gasteiger partial charge in [-0.15, -0.1) is 0 Å². The normalized spacial score (nSPS) is 24.2. The Morgan fingerprint density at radius 2 is 2.29 bits per heavy atom. The Labute approximate surface area is 97.8 Å². The Bertz CT molecular complexity index is 564. The molecule has 0 radical (unpaired) electrons. The highest BCUT2D eigenvalue weighted by Crippen LogP contribution is 2.29. The summed E-state index contributed by atoms with van der Waals surface area (Å²) in [6, 6.07) is 5.95. The van der Waals surface area contributed by atoms with Crippen molar-refractivity contribution in [2.75, 3.05) is 13.1 Å². The maximum atomic E-state index is 11.1. The Kier molecular flexibility index (Phi) is 2.33. The first kappa shape index (κ1) is 10.3. The van der Waals surface area contributed by atoms with E-state index >= 15 is 0 Å². The first-order valence-corrected chi connectivity index (χ1v) is 5.62. The number of H-pyrrole nitrogens is 1. The summed E-state index contributed by atoms with van der Waals surface area (Å²) in [6.07, 6.45) is 1.76. The summed E-state index contributed by atoms with van der Waals surface area (Å²) < 4.78 is 0. The SMILES string of the molecule is O=C(O)C1CNCC1c1ccc2[nH]ncc2c1. The zero-order valence-electron chi connectivity index (χ0n) is 9.18. The van der Waals surface area contributed by atoms with Crippen molar-refractivity contribution in [2.45, 2.75) is 5.92 Å². The van der Waals surface area contributed by atoms with Crippen LogP contribution in [-0.2, 0) is 4.79 Å². The standard InChI is InChI=1S/C12H13N3O2/c16-12(17)10-6-13-5-9(10)7-1-2-11-8(3-7)4-14-15-11/h1-4,9-10,13H,5-6H2,(H,14,15)(H,16,17). The number of aromatic nitrogens is 2. The van der Waals surface area contributed by atoms with Crippen molar-refractivity contribution < 1.29 is 9.90 Å². The predicted octanol–water partition coefficient (Wildman–Crippen LogP) is 0.950. The minimum Gasteiger partial charge on any atom is -0.481 e. The molecule has 2 atom stereocenters. The second-order valence-electron chi connectivity index (χ2n) is 4.43. The zero-order chi connectivity index (χ0) is 11.8. The van der Waals surface area contributed by atoms with E-state index in [2.05, 4.69) is 15.5 Å². The Hall–Kier alpha value is -1.88. The molecule has 1 aromatic heterocycles. The van der Waals surface area contributed by atoms with E-state index in [9.17, 15) is 4.79 Å². The largest absolute Gasteiger partial charge is 0.481 e. The Morgan fingerprint density at radius 1 is 1.41 bits per heavy atom. The molecule has 88 valence electrons. The fraction of sp³-hybridized carbons (Fsp3) is 0.333. The number of hydrogen-bond donors (Lipinski definition) is 3. The highest BCUT2D eigenvalue weighted by Gasteiger charge is 2.33. The molecule has 2 aromatic rings. The van der Waals surface area contributed by atoms with E-state index in [4.69, 9.17) is 5.11 Å². The third-order valence-electron chi connectivity index (χ3n) is 3.42.